The van der Waals surface area contributed by atoms with Crippen LogP contribution in [0, 0.1) is 11.8 Å². The van der Waals surface area contributed by atoms with Crippen molar-refractivity contribution in [3.05, 3.63) is 48.0 Å². The Labute approximate surface area is 201 Å². The fraction of sp³-hybridized carbons (Fsp3) is 0.609. The van der Waals surface area contributed by atoms with Crippen molar-refractivity contribution in [3.63, 3.8) is 0 Å². The van der Waals surface area contributed by atoms with Crippen molar-refractivity contribution in [3.8, 4) is 0 Å². The van der Waals surface area contributed by atoms with Crippen molar-refractivity contribution < 1.29 is 32.0 Å². The molecule has 1 saturated heterocycles. The van der Waals surface area contributed by atoms with E-state index in [0.717, 1.165) is 0 Å². The Bertz CT molecular complexity index is 816. The Morgan fingerprint density at radius 2 is 1.79 bits per heavy atom. The summed E-state index contributed by atoms with van der Waals surface area (Å²) in [6, 6.07) is 6.64. The Balaban J connectivity index is 2.48. The van der Waals surface area contributed by atoms with Gasteiger partial charge in [-0.1, -0.05) is 38.6 Å². The van der Waals surface area contributed by atoms with E-state index in [-0.39, 0.29) is 17.4 Å². The highest BCUT2D eigenvalue weighted by Gasteiger charge is 2.53. The molecular formula is C23H32F3NO4S2. The molecular weight excluding hydrogens is 475 g/mol. The van der Waals surface area contributed by atoms with Crippen LogP contribution in [0.25, 0.3) is 0 Å². The molecule has 1 aromatic rings. The second kappa shape index (κ2) is 11.0. The molecule has 0 bridgehead atoms. The summed E-state index contributed by atoms with van der Waals surface area (Å²) in [7, 11) is 0. The summed E-state index contributed by atoms with van der Waals surface area (Å²) in [6.45, 7) is 11.9. The van der Waals surface area contributed by atoms with E-state index >= 15 is 0 Å². The third-order valence-electron chi connectivity index (χ3n) is 5.74. The largest absolute Gasteiger partial charge is 0.598 e. The molecule has 186 valence electrons. The summed E-state index contributed by atoms with van der Waals surface area (Å²) in [5.74, 6) is -1.11. The standard InChI is InChI=1S/C23H32F3NO4S2/c1-13-14(2)21(32-7)31-19(18(13)30-20(28)16-11-9-8-10-12-16)17(15(3)23(24,25)26)27-33(29)22(4,5)6/h8-14,17-19,21,27H,3H2,1-2,4-7H3/t13-,14+,17+,18?,19+,21?,33+/m0/s1. The smallest absolute Gasteiger partial charge is 0.413 e. The van der Waals surface area contributed by atoms with Crippen LogP contribution in [0.15, 0.2) is 42.5 Å². The van der Waals surface area contributed by atoms with E-state index < -0.39 is 57.5 Å². The number of benzene rings is 1. The molecule has 0 radical (unpaired) electrons. The maximum absolute atomic E-state index is 13.8. The highest BCUT2D eigenvalue weighted by atomic mass is 32.2. The lowest BCUT2D eigenvalue weighted by Crippen LogP contribution is -2.61. The average Bonchev–Trinajstić information content (AvgIpc) is 2.74. The molecule has 1 heterocycles. The number of halogens is 3. The molecule has 1 N–H and O–H groups in total. The number of rotatable bonds is 7. The van der Waals surface area contributed by atoms with Gasteiger partial charge in [0.1, 0.15) is 28.4 Å². The first-order valence-electron chi connectivity index (χ1n) is 10.6. The Kier molecular flexibility index (Phi) is 9.37. The van der Waals surface area contributed by atoms with Crippen molar-refractivity contribution in [2.45, 2.75) is 69.2 Å². The SMILES string of the molecule is C=C([C@@H](N[S@+]([O-])C(C)(C)C)[C@H]1OC(SC)[C@H](C)[C@H](C)C1OC(=O)c1ccccc1)C(F)(F)F. The lowest BCUT2D eigenvalue weighted by Gasteiger charge is -2.46. The van der Waals surface area contributed by atoms with Crippen LogP contribution in [0.4, 0.5) is 13.2 Å². The van der Waals surface area contributed by atoms with E-state index in [1.807, 2.05) is 13.8 Å². The van der Waals surface area contributed by atoms with Gasteiger partial charge in [0.2, 0.25) is 0 Å². The minimum absolute atomic E-state index is 0.113. The highest BCUT2D eigenvalue weighted by molar-refractivity contribution is 7.99. The molecule has 7 atom stereocenters. The summed E-state index contributed by atoms with van der Waals surface area (Å²) in [4.78, 5) is 12.8. The predicted octanol–water partition coefficient (Wildman–Crippen LogP) is 5.11. The first kappa shape index (κ1) is 28.0. The van der Waals surface area contributed by atoms with Gasteiger partial charge in [0.05, 0.1) is 11.1 Å². The molecule has 0 spiro atoms. The van der Waals surface area contributed by atoms with Crippen LogP contribution < -0.4 is 4.72 Å². The number of alkyl halides is 3. The van der Waals surface area contributed by atoms with Gasteiger partial charge in [-0.05, 0) is 45.1 Å². The van der Waals surface area contributed by atoms with Gasteiger partial charge in [0.15, 0.2) is 0 Å². The first-order chi connectivity index (χ1) is 15.2. The Hall–Kier alpha value is -1.20. The van der Waals surface area contributed by atoms with Crippen molar-refractivity contribution >= 4 is 29.1 Å². The summed E-state index contributed by atoms with van der Waals surface area (Å²) in [5, 5.41) is 0. The number of hydrogen-bond acceptors (Lipinski definition) is 6. The number of thioether (sulfide) groups is 1. The minimum Gasteiger partial charge on any atom is -0.598 e. The minimum atomic E-state index is -4.77. The molecule has 0 aromatic heterocycles. The second-order valence-corrected chi connectivity index (χ2v) is 12.1. The topological polar surface area (TPSA) is 70.6 Å². The molecule has 1 aliphatic rings. The molecule has 5 nitrogen and oxygen atoms in total. The highest BCUT2D eigenvalue weighted by Crippen LogP contribution is 2.41. The molecule has 10 heteroatoms. The zero-order valence-corrected chi connectivity index (χ0v) is 21.3. The van der Waals surface area contributed by atoms with Crippen LogP contribution in [0.2, 0.25) is 0 Å². The Morgan fingerprint density at radius 1 is 1.21 bits per heavy atom. The van der Waals surface area contributed by atoms with E-state index in [9.17, 15) is 22.5 Å². The molecule has 0 amide bonds. The van der Waals surface area contributed by atoms with Crippen molar-refractivity contribution in [2.75, 3.05) is 6.26 Å². The molecule has 2 unspecified atom stereocenters. The van der Waals surface area contributed by atoms with E-state index in [4.69, 9.17) is 9.47 Å². The molecule has 1 fully saturated rings. The van der Waals surface area contributed by atoms with Gasteiger partial charge in [-0.25, -0.2) is 4.79 Å². The van der Waals surface area contributed by atoms with Gasteiger partial charge in [0, 0.05) is 17.3 Å². The summed E-state index contributed by atoms with van der Waals surface area (Å²) in [5.41, 5.74) is -1.29. The van der Waals surface area contributed by atoms with Crippen LogP contribution in [0.1, 0.15) is 45.0 Å². The van der Waals surface area contributed by atoms with Crippen LogP contribution in [-0.4, -0.2) is 51.4 Å². The van der Waals surface area contributed by atoms with E-state index in [2.05, 4.69) is 11.3 Å². The van der Waals surface area contributed by atoms with E-state index in [1.165, 1.54) is 11.8 Å². The van der Waals surface area contributed by atoms with Crippen molar-refractivity contribution in [1.82, 2.24) is 4.72 Å². The fourth-order valence-electron chi connectivity index (χ4n) is 3.49. The van der Waals surface area contributed by atoms with Gasteiger partial charge in [-0.2, -0.15) is 13.2 Å². The Morgan fingerprint density at radius 3 is 2.27 bits per heavy atom. The van der Waals surface area contributed by atoms with Crippen LogP contribution >= 0.6 is 11.8 Å². The summed E-state index contributed by atoms with van der Waals surface area (Å²) in [6.07, 6.45) is -5.24. The number of hydrogen-bond donors (Lipinski definition) is 1. The fourth-order valence-corrected chi connectivity index (χ4v) is 5.26. The molecule has 33 heavy (non-hydrogen) atoms. The molecule has 0 saturated carbocycles. The zero-order valence-electron chi connectivity index (χ0n) is 19.6. The third-order valence-corrected chi connectivity index (χ3v) is 8.32. The van der Waals surface area contributed by atoms with Gasteiger partial charge in [-0.3, -0.25) is 0 Å². The maximum Gasteiger partial charge on any atom is 0.413 e. The quantitative estimate of drug-likeness (QED) is 0.314. The molecule has 2 rings (SSSR count). The maximum atomic E-state index is 13.8. The van der Waals surface area contributed by atoms with Gasteiger partial charge in [0.25, 0.3) is 0 Å². The lowest BCUT2D eigenvalue weighted by molar-refractivity contribution is -0.158. The number of carbonyl (C=O) groups excluding carboxylic acids is 1. The van der Waals surface area contributed by atoms with Crippen LogP contribution in [0.5, 0.6) is 0 Å². The molecule has 1 aliphatic heterocycles. The summed E-state index contributed by atoms with van der Waals surface area (Å²) >= 11 is -0.497. The van der Waals surface area contributed by atoms with Crippen LogP contribution in [-0.2, 0) is 20.8 Å². The average molecular weight is 508 g/mol. The van der Waals surface area contributed by atoms with Gasteiger partial charge < -0.3 is 14.0 Å². The molecule has 0 aliphatic carbocycles. The lowest BCUT2D eigenvalue weighted by atomic mass is 9.82. The van der Waals surface area contributed by atoms with Crippen molar-refractivity contribution in [2.24, 2.45) is 11.8 Å². The number of esters is 1. The first-order valence-corrected chi connectivity index (χ1v) is 13.0. The molecule has 1 aromatic carbocycles. The second-order valence-electron chi connectivity index (χ2n) is 9.16. The normalized spacial score (nSPS) is 28.1. The summed E-state index contributed by atoms with van der Waals surface area (Å²) < 4.78 is 67.8. The zero-order chi connectivity index (χ0) is 25.1. The van der Waals surface area contributed by atoms with Gasteiger partial charge in [-0.15, -0.1) is 16.5 Å². The monoisotopic (exact) mass is 507 g/mol. The van der Waals surface area contributed by atoms with E-state index in [1.54, 1.807) is 57.4 Å². The van der Waals surface area contributed by atoms with Gasteiger partial charge >= 0.3 is 12.1 Å². The number of ether oxygens (including phenoxy) is 2. The number of carbonyl (C=O) groups is 1. The van der Waals surface area contributed by atoms with Crippen LogP contribution in [0.3, 0.4) is 0 Å². The van der Waals surface area contributed by atoms with E-state index in [0.29, 0.717) is 0 Å². The predicted molar refractivity (Wildman–Crippen MR) is 126 cm³/mol. The number of nitrogens with one attached hydrogen (secondary N) is 1. The third kappa shape index (κ3) is 6.91. The van der Waals surface area contributed by atoms with Crippen molar-refractivity contribution in [1.29, 1.82) is 0 Å².